The van der Waals surface area contributed by atoms with Crippen molar-refractivity contribution < 1.29 is 19.1 Å². The minimum atomic E-state index is -0.496. The molecule has 3 aromatic rings. The Morgan fingerprint density at radius 2 is 1.54 bits per heavy atom. The molecule has 39 heavy (non-hydrogen) atoms. The average Bonchev–Trinajstić information content (AvgIpc) is 2.95. The molecule has 1 N–H and O–H groups in total. The molecule has 1 aliphatic carbocycles. The van der Waals surface area contributed by atoms with Crippen LogP contribution >= 0.6 is 0 Å². The fraction of sp³-hybridized carbons (Fsp3) is 0.273. The quantitative estimate of drug-likeness (QED) is 0.301. The molecule has 0 bridgehead atoms. The van der Waals surface area contributed by atoms with Crippen LogP contribution in [0.5, 0.6) is 5.75 Å². The molecule has 1 heterocycles. The number of allylic oxidation sites excluding steroid dienone is 3. The third-order valence-corrected chi connectivity index (χ3v) is 7.39. The van der Waals surface area contributed by atoms with Crippen molar-refractivity contribution in [3.8, 4) is 5.75 Å². The number of Topliss-reactive ketones (excluding diaryl/α,β-unsaturated/α-hetero) is 1. The molecule has 6 nitrogen and oxygen atoms in total. The molecular formula is C33H34N2O4. The number of benzene rings is 3. The maximum absolute atomic E-state index is 13.8. The van der Waals surface area contributed by atoms with E-state index in [1.165, 1.54) is 0 Å². The van der Waals surface area contributed by atoms with Gasteiger partial charge in [-0.25, -0.2) is 4.79 Å². The van der Waals surface area contributed by atoms with Gasteiger partial charge in [0.25, 0.3) is 0 Å². The lowest BCUT2D eigenvalue weighted by Gasteiger charge is -2.36. The van der Waals surface area contributed by atoms with Crippen molar-refractivity contribution in [3.05, 3.63) is 119 Å². The summed E-state index contributed by atoms with van der Waals surface area (Å²) in [4.78, 5) is 29.3. The largest absolute Gasteiger partial charge is 0.490 e. The van der Waals surface area contributed by atoms with Crippen LogP contribution in [0.3, 0.4) is 0 Å². The number of carbonyl (C=O) groups excluding carboxylic acids is 2. The van der Waals surface area contributed by atoms with Crippen LogP contribution in [0.4, 0.5) is 5.69 Å². The zero-order valence-electron chi connectivity index (χ0n) is 22.6. The number of rotatable bonds is 8. The number of para-hydroxylation sites is 1. The standard InChI is InChI=1S/C33H34N2O4/c1-22-30(33(37)39-19-18-38-27-12-8-5-9-13-27)31(24-14-16-26(17-15-24)35(2)3)32-28(34-22)20-25(21-29(32)36)23-10-6-4-7-11-23/h4-17,25,31,34H,18-21H2,1-3H3/t25-,31+/m0/s1. The number of nitrogens with zero attached hydrogens (tertiary/aromatic N) is 1. The number of ketones is 1. The van der Waals surface area contributed by atoms with Crippen molar-refractivity contribution in [1.29, 1.82) is 0 Å². The van der Waals surface area contributed by atoms with E-state index in [9.17, 15) is 9.59 Å². The lowest BCUT2D eigenvalue weighted by Crippen LogP contribution is -2.36. The Hall–Kier alpha value is -4.32. The van der Waals surface area contributed by atoms with E-state index in [1.54, 1.807) is 0 Å². The second-order valence-electron chi connectivity index (χ2n) is 10.2. The Kier molecular flexibility index (Phi) is 7.82. The van der Waals surface area contributed by atoms with Gasteiger partial charge in [0.1, 0.15) is 19.0 Å². The fourth-order valence-corrected chi connectivity index (χ4v) is 5.46. The summed E-state index contributed by atoms with van der Waals surface area (Å²) in [5.41, 5.74) is 5.83. The first-order chi connectivity index (χ1) is 18.9. The molecule has 2 atom stereocenters. The first kappa shape index (κ1) is 26.3. The number of hydrogen-bond acceptors (Lipinski definition) is 6. The first-order valence-electron chi connectivity index (χ1n) is 13.3. The van der Waals surface area contributed by atoms with Crippen LogP contribution in [-0.4, -0.2) is 39.1 Å². The van der Waals surface area contributed by atoms with E-state index in [0.29, 0.717) is 29.7 Å². The molecule has 0 radical (unpaired) electrons. The number of ether oxygens (including phenoxy) is 2. The summed E-state index contributed by atoms with van der Waals surface area (Å²) in [7, 11) is 3.97. The van der Waals surface area contributed by atoms with Crippen molar-refractivity contribution >= 4 is 17.4 Å². The highest BCUT2D eigenvalue weighted by atomic mass is 16.6. The summed E-state index contributed by atoms with van der Waals surface area (Å²) in [6.45, 7) is 2.23. The Bertz CT molecular complexity index is 1390. The van der Waals surface area contributed by atoms with Crippen molar-refractivity contribution in [2.75, 3.05) is 32.2 Å². The predicted molar refractivity (Wildman–Crippen MR) is 153 cm³/mol. The molecule has 0 saturated carbocycles. The molecular weight excluding hydrogens is 488 g/mol. The Balaban J connectivity index is 1.43. The van der Waals surface area contributed by atoms with Gasteiger partial charge in [-0.1, -0.05) is 60.7 Å². The van der Waals surface area contributed by atoms with Gasteiger partial charge in [-0.05, 0) is 54.7 Å². The van der Waals surface area contributed by atoms with Gasteiger partial charge < -0.3 is 19.7 Å². The van der Waals surface area contributed by atoms with E-state index in [0.717, 1.165) is 28.3 Å². The van der Waals surface area contributed by atoms with Crippen LogP contribution in [0.2, 0.25) is 0 Å². The van der Waals surface area contributed by atoms with Gasteiger partial charge in [0.15, 0.2) is 5.78 Å². The maximum atomic E-state index is 13.8. The van der Waals surface area contributed by atoms with Crippen LogP contribution < -0.4 is 15.0 Å². The molecule has 0 unspecified atom stereocenters. The Morgan fingerprint density at radius 3 is 2.21 bits per heavy atom. The van der Waals surface area contributed by atoms with E-state index >= 15 is 0 Å². The SMILES string of the molecule is CC1=C(C(=O)OCCOc2ccccc2)[C@@H](c2ccc(N(C)C)cc2)C2=C(C[C@H](c3ccccc3)CC2=O)N1. The molecule has 5 rings (SSSR count). The maximum Gasteiger partial charge on any atom is 0.336 e. The van der Waals surface area contributed by atoms with E-state index in [2.05, 4.69) is 17.4 Å². The van der Waals surface area contributed by atoms with Crippen molar-refractivity contribution in [2.24, 2.45) is 0 Å². The Morgan fingerprint density at radius 1 is 0.872 bits per heavy atom. The van der Waals surface area contributed by atoms with Crippen LogP contribution in [0.25, 0.3) is 0 Å². The van der Waals surface area contributed by atoms with Gasteiger partial charge in [0, 0.05) is 49.1 Å². The van der Waals surface area contributed by atoms with Crippen LogP contribution in [0.1, 0.15) is 42.7 Å². The average molecular weight is 523 g/mol. The van der Waals surface area contributed by atoms with Gasteiger partial charge in [-0.2, -0.15) is 0 Å². The summed E-state index contributed by atoms with van der Waals surface area (Å²) in [5, 5.41) is 3.42. The molecule has 0 fully saturated rings. The second kappa shape index (κ2) is 11.6. The van der Waals surface area contributed by atoms with Gasteiger partial charge in [-0.15, -0.1) is 0 Å². The molecule has 0 aromatic heterocycles. The van der Waals surface area contributed by atoms with Crippen molar-refractivity contribution in [2.45, 2.75) is 31.6 Å². The number of esters is 1. The molecule has 200 valence electrons. The molecule has 6 heteroatoms. The van der Waals surface area contributed by atoms with E-state index in [4.69, 9.17) is 9.47 Å². The lowest BCUT2D eigenvalue weighted by molar-refractivity contribution is -0.140. The second-order valence-corrected chi connectivity index (χ2v) is 10.2. The van der Waals surface area contributed by atoms with Gasteiger partial charge in [0.2, 0.25) is 0 Å². The number of dihydropyridines is 1. The van der Waals surface area contributed by atoms with Crippen molar-refractivity contribution in [1.82, 2.24) is 5.32 Å². The summed E-state index contributed by atoms with van der Waals surface area (Å²) in [6, 6.07) is 27.6. The third-order valence-electron chi connectivity index (χ3n) is 7.39. The molecule has 2 aliphatic rings. The number of anilines is 1. The van der Waals surface area contributed by atoms with Gasteiger partial charge in [0.05, 0.1) is 5.57 Å². The summed E-state index contributed by atoms with van der Waals surface area (Å²) >= 11 is 0. The topological polar surface area (TPSA) is 67.9 Å². The third kappa shape index (κ3) is 5.75. The van der Waals surface area contributed by atoms with Crippen LogP contribution in [0.15, 0.2) is 107 Å². The summed E-state index contributed by atoms with van der Waals surface area (Å²) in [5.74, 6) is -0.0625. The predicted octanol–water partition coefficient (Wildman–Crippen LogP) is 5.74. The smallest absolute Gasteiger partial charge is 0.336 e. The highest BCUT2D eigenvalue weighted by Crippen LogP contribution is 2.45. The summed E-state index contributed by atoms with van der Waals surface area (Å²) < 4.78 is 11.4. The van der Waals surface area contributed by atoms with Gasteiger partial charge in [-0.3, -0.25) is 4.79 Å². The highest BCUT2D eigenvalue weighted by molar-refractivity contribution is 6.04. The Labute approximate surface area is 229 Å². The monoisotopic (exact) mass is 522 g/mol. The van der Waals surface area contributed by atoms with Crippen molar-refractivity contribution in [3.63, 3.8) is 0 Å². The fourth-order valence-electron chi connectivity index (χ4n) is 5.46. The highest BCUT2D eigenvalue weighted by Gasteiger charge is 2.41. The van der Waals surface area contributed by atoms with E-state index in [1.807, 2.05) is 98.7 Å². The molecule has 0 amide bonds. The minimum absolute atomic E-state index is 0.0597. The molecule has 0 spiro atoms. The van der Waals surface area contributed by atoms with Crippen LogP contribution in [-0.2, 0) is 14.3 Å². The molecule has 0 saturated heterocycles. The number of nitrogens with one attached hydrogen (secondary N) is 1. The lowest BCUT2D eigenvalue weighted by atomic mass is 9.71. The molecule has 1 aliphatic heterocycles. The van der Waals surface area contributed by atoms with Gasteiger partial charge >= 0.3 is 5.97 Å². The zero-order valence-corrected chi connectivity index (χ0v) is 22.6. The van der Waals surface area contributed by atoms with E-state index < -0.39 is 11.9 Å². The number of carbonyl (C=O) groups is 2. The van der Waals surface area contributed by atoms with Crippen LogP contribution in [0, 0.1) is 0 Å². The summed E-state index contributed by atoms with van der Waals surface area (Å²) in [6.07, 6.45) is 1.12. The van der Waals surface area contributed by atoms with E-state index in [-0.39, 0.29) is 24.9 Å². The molecule has 3 aromatic carbocycles. The zero-order chi connectivity index (χ0) is 27.4. The number of hydrogen-bond donors (Lipinski definition) is 1. The first-order valence-corrected chi connectivity index (χ1v) is 13.3. The normalized spacial score (nSPS) is 18.8. The minimum Gasteiger partial charge on any atom is -0.490 e.